The number of nitrogens with one attached hydrogen (secondary N) is 1. The topological polar surface area (TPSA) is 75.7 Å². The predicted octanol–water partition coefficient (Wildman–Crippen LogP) is 2.59. The highest BCUT2D eigenvalue weighted by atomic mass is 19.1. The monoisotopic (exact) mass is 384 g/mol. The van der Waals surface area contributed by atoms with Gasteiger partial charge in [-0.1, -0.05) is 30.3 Å². The first-order valence-corrected chi connectivity index (χ1v) is 9.06. The smallest absolute Gasteiger partial charge is 0.325 e. The maximum absolute atomic E-state index is 13.4. The molecular formula is C21H21FN2O4. The Balaban J connectivity index is 1.79. The average molecular weight is 384 g/mol. The number of hydrogen-bond donors (Lipinski definition) is 1. The third-order valence-electron chi connectivity index (χ3n) is 4.59. The summed E-state index contributed by atoms with van der Waals surface area (Å²) in [6, 6.07) is 12.4. The number of carbonyl (C=O) groups excluding carboxylic acids is 3. The van der Waals surface area contributed by atoms with Crippen molar-refractivity contribution < 1.29 is 23.5 Å². The summed E-state index contributed by atoms with van der Waals surface area (Å²) in [6.45, 7) is 2.04. The molecule has 146 valence electrons. The van der Waals surface area contributed by atoms with Gasteiger partial charge in [-0.05, 0) is 36.2 Å². The molecule has 1 aliphatic rings. The van der Waals surface area contributed by atoms with Crippen molar-refractivity contribution in [3.63, 3.8) is 0 Å². The van der Waals surface area contributed by atoms with Crippen molar-refractivity contribution in [3.8, 4) is 0 Å². The van der Waals surface area contributed by atoms with Crippen LogP contribution < -0.4 is 5.32 Å². The van der Waals surface area contributed by atoms with E-state index in [-0.39, 0.29) is 25.5 Å². The van der Waals surface area contributed by atoms with E-state index < -0.39 is 23.7 Å². The highest BCUT2D eigenvalue weighted by Gasteiger charge is 2.34. The number of ether oxygens (including phenoxy) is 1. The van der Waals surface area contributed by atoms with E-state index in [0.29, 0.717) is 17.7 Å². The van der Waals surface area contributed by atoms with Crippen molar-refractivity contribution in [1.82, 2.24) is 10.2 Å². The van der Waals surface area contributed by atoms with Crippen LogP contribution >= 0.6 is 0 Å². The Morgan fingerprint density at radius 2 is 1.89 bits per heavy atom. The molecule has 1 aliphatic heterocycles. The molecule has 2 amide bonds. The number of amides is 2. The van der Waals surface area contributed by atoms with Gasteiger partial charge in [0.05, 0.1) is 19.1 Å². The Hall–Kier alpha value is -3.22. The highest BCUT2D eigenvalue weighted by molar-refractivity contribution is 5.99. The zero-order valence-electron chi connectivity index (χ0n) is 15.5. The summed E-state index contributed by atoms with van der Waals surface area (Å²) < 4.78 is 18.1. The molecule has 0 radical (unpaired) electrons. The third-order valence-corrected chi connectivity index (χ3v) is 4.59. The van der Waals surface area contributed by atoms with Gasteiger partial charge in [0.2, 0.25) is 5.91 Å². The fourth-order valence-corrected chi connectivity index (χ4v) is 3.25. The molecule has 0 saturated heterocycles. The number of nitrogens with zero attached hydrogens (tertiary/aromatic N) is 1. The average Bonchev–Trinajstić information content (AvgIpc) is 3.02. The molecule has 3 rings (SSSR count). The summed E-state index contributed by atoms with van der Waals surface area (Å²) in [6.07, 6.45) is -0.0508. The third kappa shape index (κ3) is 4.36. The summed E-state index contributed by atoms with van der Waals surface area (Å²) in [5.41, 5.74) is 2.13. The highest BCUT2D eigenvalue weighted by Crippen LogP contribution is 2.33. The second-order valence-corrected chi connectivity index (χ2v) is 6.44. The molecule has 6 nitrogen and oxygen atoms in total. The van der Waals surface area contributed by atoms with Crippen LogP contribution in [0.5, 0.6) is 0 Å². The maximum atomic E-state index is 13.4. The molecule has 0 aliphatic carbocycles. The van der Waals surface area contributed by atoms with E-state index in [1.54, 1.807) is 36.1 Å². The lowest BCUT2D eigenvalue weighted by Gasteiger charge is -2.28. The molecule has 1 N–H and O–H groups in total. The van der Waals surface area contributed by atoms with Crippen LogP contribution in [0.1, 0.15) is 40.9 Å². The standard InChI is InChI=1S/C21H21FN2O4/c1-2-28-20(26)12-23-19(25)11-18(14-7-9-16(22)10-8-14)24-13-15-5-3-4-6-17(15)21(24)27/h3-10,18H,2,11-13H2,1H3,(H,23,25)/t18-/m1/s1. The molecule has 0 aromatic heterocycles. The van der Waals surface area contributed by atoms with Gasteiger partial charge in [-0.2, -0.15) is 0 Å². The fraction of sp³-hybridized carbons (Fsp3) is 0.286. The minimum atomic E-state index is -0.581. The Kier molecular flexibility index (Phi) is 6.03. The summed E-state index contributed by atoms with van der Waals surface area (Å²) >= 11 is 0. The Labute approximate surface area is 162 Å². The van der Waals surface area contributed by atoms with Crippen LogP contribution in [0.4, 0.5) is 4.39 Å². The summed E-state index contributed by atoms with van der Waals surface area (Å²) in [5.74, 6) is -1.50. The lowest BCUT2D eigenvalue weighted by molar-refractivity contribution is -0.143. The summed E-state index contributed by atoms with van der Waals surface area (Å²) in [7, 11) is 0. The molecule has 1 heterocycles. The zero-order valence-corrected chi connectivity index (χ0v) is 15.5. The molecular weight excluding hydrogens is 363 g/mol. The van der Waals surface area contributed by atoms with Crippen LogP contribution in [-0.4, -0.2) is 35.8 Å². The number of halogens is 1. The number of rotatable bonds is 7. The first kappa shape index (κ1) is 19.5. The normalized spacial score (nSPS) is 13.8. The molecule has 0 spiro atoms. The van der Waals surface area contributed by atoms with Gasteiger partial charge in [0.1, 0.15) is 12.4 Å². The van der Waals surface area contributed by atoms with Crippen molar-refractivity contribution in [1.29, 1.82) is 0 Å². The molecule has 7 heteroatoms. The van der Waals surface area contributed by atoms with Crippen molar-refractivity contribution in [2.24, 2.45) is 0 Å². The molecule has 2 aromatic rings. The van der Waals surface area contributed by atoms with Crippen molar-refractivity contribution in [3.05, 3.63) is 71.0 Å². The number of fused-ring (bicyclic) bond motifs is 1. The first-order chi connectivity index (χ1) is 13.5. The van der Waals surface area contributed by atoms with Gasteiger partial charge in [-0.3, -0.25) is 14.4 Å². The van der Waals surface area contributed by atoms with E-state index in [1.165, 1.54) is 12.1 Å². The van der Waals surface area contributed by atoms with Crippen LogP contribution in [0.2, 0.25) is 0 Å². The number of carbonyl (C=O) groups is 3. The first-order valence-electron chi connectivity index (χ1n) is 9.06. The van der Waals surface area contributed by atoms with Gasteiger partial charge in [0.25, 0.3) is 5.91 Å². The fourth-order valence-electron chi connectivity index (χ4n) is 3.25. The minimum absolute atomic E-state index is 0.0508. The molecule has 0 bridgehead atoms. The second kappa shape index (κ2) is 8.65. The van der Waals surface area contributed by atoms with Crippen LogP contribution in [0, 0.1) is 5.82 Å². The quantitative estimate of drug-likeness (QED) is 0.745. The predicted molar refractivity (Wildman–Crippen MR) is 99.7 cm³/mol. The molecule has 0 fully saturated rings. The Morgan fingerprint density at radius 3 is 2.57 bits per heavy atom. The number of hydrogen-bond acceptors (Lipinski definition) is 4. The molecule has 0 unspecified atom stereocenters. The van der Waals surface area contributed by atoms with Gasteiger partial charge in [-0.25, -0.2) is 4.39 Å². The summed E-state index contributed by atoms with van der Waals surface area (Å²) in [5, 5.41) is 2.51. The van der Waals surface area contributed by atoms with Crippen LogP contribution in [0.15, 0.2) is 48.5 Å². The van der Waals surface area contributed by atoms with Crippen molar-refractivity contribution >= 4 is 17.8 Å². The second-order valence-electron chi connectivity index (χ2n) is 6.44. The largest absolute Gasteiger partial charge is 0.465 e. The van der Waals surface area contributed by atoms with Gasteiger partial charge in [0.15, 0.2) is 0 Å². The number of benzene rings is 2. The summed E-state index contributed by atoms with van der Waals surface area (Å²) in [4.78, 5) is 38.3. The van der Waals surface area contributed by atoms with Crippen LogP contribution in [0.25, 0.3) is 0 Å². The van der Waals surface area contributed by atoms with E-state index in [2.05, 4.69) is 5.32 Å². The Bertz CT molecular complexity index is 882. The van der Waals surface area contributed by atoms with E-state index >= 15 is 0 Å². The van der Waals surface area contributed by atoms with E-state index in [4.69, 9.17) is 4.74 Å². The van der Waals surface area contributed by atoms with E-state index in [1.807, 2.05) is 12.1 Å². The van der Waals surface area contributed by atoms with Crippen LogP contribution in [-0.2, 0) is 20.9 Å². The zero-order chi connectivity index (χ0) is 20.1. The minimum Gasteiger partial charge on any atom is -0.465 e. The molecule has 0 saturated carbocycles. The molecule has 1 atom stereocenters. The van der Waals surface area contributed by atoms with Crippen LogP contribution in [0.3, 0.4) is 0 Å². The maximum Gasteiger partial charge on any atom is 0.325 e. The molecule has 28 heavy (non-hydrogen) atoms. The van der Waals surface area contributed by atoms with Gasteiger partial charge >= 0.3 is 5.97 Å². The Morgan fingerprint density at radius 1 is 1.18 bits per heavy atom. The van der Waals surface area contributed by atoms with Crippen molar-refractivity contribution in [2.45, 2.75) is 25.9 Å². The lowest BCUT2D eigenvalue weighted by atomic mass is 10.0. The number of esters is 1. The van der Waals surface area contributed by atoms with E-state index in [0.717, 1.165) is 5.56 Å². The molecule has 2 aromatic carbocycles. The lowest BCUT2D eigenvalue weighted by Crippen LogP contribution is -2.36. The van der Waals surface area contributed by atoms with Gasteiger partial charge < -0.3 is 15.0 Å². The van der Waals surface area contributed by atoms with Gasteiger partial charge in [0, 0.05) is 12.1 Å². The SMILES string of the molecule is CCOC(=O)CNC(=O)C[C@H](c1ccc(F)cc1)N1Cc2ccccc2C1=O. The van der Waals surface area contributed by atoms with Gasteiger partial charge in [-0.15, -0.1) is 0 Å². The van der Waals surface area contributed by atoms with Crippen molar-refractivity contribution in [2.75, 3.05) is 13.2 Å². The van der Waals surface area contributed by atoms with E-state index in [9.17, 15) is 18.8 Å².